The number of rotatable bonds is 10. The van der Waals surface area contributed by atoms with Crippen molar-refractivity contribution >= 4 is 28.5 Å². The molecule has 2 aromatic heterocycles. The molecule has 0 amide bonds. The number of halogens is 2. The summed E-state index contributed by atoms with van der Waals surface area (Å²) in [7, 11) is 1.55. The second-order valence-corrected chi connectivity index (χ2v) is 9.67. The average molecular weight is 500 g/mol. The topological polar surface area (TPSA) is 75.6 Å². The van der Waals surface area contributed by atoms with E-state index in [-0.39, 0.29) is 17.9 Å². The molecule has 1 aliphatic rings. The number of nitrogens with zero attached hydrogens (tertiary/aromatic N) is 3. The van der Waals surface area contributed by atoms with Crippen LogP contribution in [0.15, 0.2) is 48.8 Å². The fourth-order valence-corrected chi connectivity index (χ4v) is 5.23. The summed E-state index contributed by atoms with van der Waals surface area (Å²) in [5, 5.41) is 10.9. The first-order valence-electron chi connectivity index (χ1n) is 12.0. The number of benzene rings is 1. The molecule has 1 saturated heterocycles. The highest BCUT2D eigenvalue weighted by atomic mass is 35.5. The van der Waals surface area contributed by atoms with E-state index in [0.29, 0.717) is 48.1 Å². The highest BCUT2D eigenvalue weighted by molar-refractivity contribution is 6.32. The van der Waals surface area contributed by atoms with Crippen molar-refractivity contribution in [1.29, 1.82) is 0 Å². The van der Waals surface area contributed by atoms with Gasteiger partial charge in [0.25, 0.3) is 0 Å². The van der Waals surface area contributed by atoms with E-state index in [1.165, 1.54) is 6.20 Å². The SMILES string of the molecule is COc1ccc2ncc(Cl)c([C@H](F)CCC3(C(=O)O)CCN(CCCc4ccccn4)CC3)c2c1. The number of carboxylic acid groups (broad SMARTS) is 1. The van der Waals surface area contributed by atoms with Crippen LogP contribution < -0.4 is 4.74 Å². The fraction of sp³-hybridized carbons (Fsp3) is 0.444. The number of likely N-dealkylation sites (tertiary alicyclic amines) is 1. The first-order valence-corrected chi connectivity index (χ1v) is 12.4. The molecule has 3 heterocycles. The van der Waals surface area contributed by atoms with Crippen molar-refractivity contribution in [2.24, 2.45) is 5.41 Å². The lowest BCUT2D eigenvalue weighted by atomic mass is 9.74. The van der Waals surface area contributed by atoms with Gasteiger partial charge < -0.3 is 14.7 Å². The van der Waals surface area contributed by atoms with Crippen molar-refractivity contribution in [3.8, 4) is 5.75 Å². The van der Waals surface area contributed by atoms with Gasteiger partial charge in [-0.1, -0.05) is 17.7 Å². The van der Waals surface area contributed by atoms with E-state index in [0.717, 1.165) is 25.1 Å². The van der Waals surface area contributed by atoms with E-state index in [2.05, 4.69) is 14.9 Å². The van der Waals surface area contributed by atoms with Crippen LogP contribution in [-0.2, 0) is 11.2 Å². The van der Waals surface area contributed by atoms with Gasteiger partial charge in [0.1, 0.15) is 11.9 Å². The first kappa shape index (κ1) is 25.3. The number of carbonyl (C=O) groups is 1. The van der Waals surface area contributed by atoms with Crippen LogP contribution in [0.4, 0.5) is 4.39 Å². The Kier molecular flexibility index (Phi) is 8.19. The van der Waals surface area contributed by atoms with Crippen LogP contribution >= 0.6 is 11.6 Å². The summed E-state index contributed by atoms with van der Waals surface area (Å²) in [6, 6.07) is 11.2. The van der Waals surface area contributed by atoms with E-state index in [1.54, 1.807) is 31.5 Å². The number of aromatic nitrogens is 2. The number of hydrogen-bond acceptors (Lipinski definition) is 5. The third-order valence-electron chi connectivity index (χ3n) is 7.16. The van der Waals surface area contributed by atoms with Gasteiger partial charge in [0, 0.05) is 29.0 Å². The van der Waals surface area contributed by atoms with Gasteiger partial charge in [-0.25, -0.2) is 4.39 Å². The number of carboxylic acids is 1. The molecule has 1 fully saturated rings. The van der Waals surface area contributed by atoms with Crippen molar-refractivity contribution in [2.45, 2.75) is 44.7 Å². The number of pyridine rings is 2. The summed E-state index contributed by atoms with van der Waals surface area (Å²) < 4.78 is 20.9. The fourth-order valence-electron chi connectivity index (χ4n) is 4.97. The third-order valence-corrected chi connectivity index (χ3v) is 7.46. The Labute approximate surface area is 210 Å². The van der Waals surface area contributed by atoms with Gasteiger partial charge >= 0.3 is 5.97 Å². The summed E-state index contributed by atoms with van der Waals surface area (Å²) in [6.45, 7) is 2.29. The number of alkyl halides is 1. The van der Waals surface area contributed by atoms with Crippen molar-refractivity contribution in [1.82, 2.24) is 14.9 Å². The zero-order chi connectivity index (χ0) is 24.8. The van der Waals surface area contributed by atoms with Crippen LogP contribution in [0.2, 0.25) is 5.02 Å². The number of aliphatic carboxylic acids is 1. The predicted octanol–water partition coefficient (Wildman–Crippen LogP) is 5.88. The molecule has 1 aliphatic heterocycles. The highest BCUT2D eigenvalue weighted by Crippen LogP contribution is 2.42. The van der Waals surface area contributed by atoms with Gasteiger partial charge in [-0.3, -0.25) is 14.8 Å². The minimum Gasteiger partial charge on any atom is -0.497 e. The van der Waals surface area contributed by atoms with E-state index in [4.69, 9.17) is 16.3 Å². The lowest BCUT2D eigenvalue weighted by Gasteiger charge is -2.39. The van der Waals surface area contributed by atoms with Crippen LogP contribution in [0, 0.1) is 5.41 Å². The molecule has 1 aromatic carbocycles. The third kappa shape index (κ3) is 5.90. The predicted molar refractivity (Wildman–Crippen MR) is 135 cm³/mol. The Balaban J connectivity index is 1.38. The van der Waals surface area contributed by atoms with E-state index >= 15 is 4.39 Å². The molecule has 0 radical (unpaired) electrons. The van der Waals surface area contributed by atoms with Gasteiger partial charge in [0.15, 0.2) is 0 Å². The normalized spacial score (nSPS) is 16.8. The van der Waals surface area contributed by atoms with Gasteiger partial charge in [-0.05, 0) is 88.5 Å². The van der Waals surface area contributed by atoms with E-state index < -0.39 is 17.6 Å². The second kappa shape index (κ2) is 11.3. The number of fused-ring (bicyclic) bond motifs is 1. The smallest absolute Gasteiger partial charge is 0.309 e. The maximum atomic E-state index is 15.6. The quantitative estimate of drug-likeness (QED) is 0.375. The average Bonchev–Trinajstić information content (AvgIpc) is 2.88. The molecule has 6 nitrogen and oxygen atoms in total. The highest BCUT2D eigenvalue weighted by Gasteiger charge is 2.41. The minimum absolute atomic E-state index is 0.0853. The molecule has 1 atom stereocenters. The minimum atomic E-state index is -1.40. The Morgan fingerprint density at radius 3 is 2.74 bits per heavy atom. The van der Waals surface area contributed by atoms with Gasteiger partial charge in [0.2, 0.25) is 0 Å². The van der Waals surface area contributed by atoms with Crippen LogP contribution in [0.25, 0.3) is 10.9 Å². The molecule has 186 valence electrons. The zero-order valence-corrected chi connectivity index (χ0v) is 20.7. The Hall–Kier alpha value is -2.77. The summed E-state index contributed by atoms with van der Waals surface area (Å²) in [5.41, 5.74) is 1.12. The molecule has 0 spiro atoms. The van der Waals surface area contributed by atoms with Crippen molar-refractivity contribution < 1.29 is 19.0 Å². The number of methoxy groups -OCH3 is 1. The first-order chi connectivity index (χ1) is 16.9. The van der Waals surface area contributed by atoms with Gasteiger partial charge in [-0.2, -0.15) is 0 Å². The standard InChI is InChI=1S/C27H31ClFN3O3/c1-35-20-7-8-24-21(17-20)25(22(28)18-31-24)23(29)9-10-27(26(33)34)11-15-32(16-12-27)14-4-6-19-5-2-3-13-30-19/h2-3,5,7-8,13,17-18,23H,4,6,9-12,14-16H2,1H3,(H,33,34)/t23-/m1/s1. The second-order valence-electron chi connectivity index (χ2n) is 9.26. The molecular weight excluding hydrogens is 469 g/mol. The van der Waals surface area contributed by atoms with Gasteiger partial charge in [0.05, 0.1) is 23.1 Å². The summed E-state index contributed by atoms with van der Waals surface area (Å²) in [6.07, 6.45) is 5.10. The van der Waals surface area contributed by atoms with Gasteiger partial charge in [-0.15, -0.1) is 0 Å². The molecule has 0 saturated carbocycles. The van der Waals surface area contributed by atoms with E-state index in [1.807, 2.05) is 18.2 Å². The lowest BCUT2D eigenvalue weighted by molar-refractivity contribution is -0.153. The molecule has 1 N–H and O–H groups in total. The molecule has 0 bridgehead atoms. The number of ether oxygens (including phenoxy) is 1. The van der Waals surface area contributed by atoms with E-state index in [9.17, 15) is 9.90 Å². The summed E-state index contributed by atoms with van der Waals surface area (Å²) in [4.78, 5) is 23.2. The monoisotopic (exact) mass is 499 g/mol. The number of piperidine rings is 1. The van der Waals surface area contributed by atoms with Crippen LogP contribution in [-0.4, -0.2) is 52.7 Å². The van der Waals surface area contributed by atoms with Crippen LogP contribution in [0.3, 0.4) is 0 Å². The van der Waals surface area contributed by atoms with Crippen LogP contribution in [0.5, 0.6) is 5.75 Å². The zero-order valence-electron chi connectivity index (χ0n) is 19.9. The molecule has 35 heavy (non-hydrogen) atoms. The molecule has 3 aromatic rings. The maximum absolute atomic E-state index is 15.6. The Morgan fingerprint density at radius 2 is 2.06 bits per heavy atom. The number of hydrogen-bond donors (Lipinski definition) is 1. The largest absolute Gasteiger partial charge is 0.497 e. The maximum Gasteiger partial charge on any atom is 0.309 e. The van der Waals surface area contributed by atoms with Crippen molar-refractivity contribution in [3.05, 3.63) is 65.1 Å². The summed E-state index contributed by atoms with van der Waals surface area (Å²) in [5.74, 6) is -0.252. The van der Waals surface area contributed by atoms with Crippen molar-refractivity contribution in [3.63, 3.8) is 0 Å². The Bertz CT molecular complexity index is 1150. The molecule has 0 aliphatic carbocycles. The summed E-state index contributed by atoms with van der Waals surface area (Å²) >= 11 is 6.35. The lowest BCUT2D eigenvalue weighted by Crippen LogP contribution is -2.44. The number of aryl methyl sites for hydroxylation is 1. The van der Waals surface area contributed by atoms with Crippen molar-refractivity contribution in [2.75, 3.05) is 26.7 Å². The molecule has 4 rings (SSSR count). The molecule has 8 heteroatoms. The Morgan fingerprint density at radius 1 is 1.26 bits per heavy atom. The van der Waals surface area contributed by atoms with Crippen LogP contribution in [0.1, 0.15) is 49.5 Å². The molecular formula is C27H31ClFN3O3. The molecule has 0 unspecified atom stereocenters.